The van der Waals surface area contributed by atoms with Crippen LogP contribution >= 0.6 is 11.6 Å². The molecule has 2 aromatic rings. The summed E-state index contributed by atoms with van der Waals surface area (Å²) < 4.78 is 26.6. The third-order valence-corrected chi connectivity index (χ3v) is 4.05. The Morgan fingerprint density at radius 2 is 1.95 bits per heavy atom. The van der Waals surface area contributed by atoms with E-state index in [1.165, 1.54) is 43.6 Å². The monoisotopic (exact) mass is 311 g/mol. The second-order valence-corrected chi connectivity index (χ2v) is 5.93. The zero-order chi connectivity index (χ0) is 14.8. The van der Waals surface area contributed by atoms with Crippen LogP contribution in [0.25, 0.3) is 0 Å². The van der Waals surface area contributed by atoms with Gasteiger partial charge in [-0.05, 0) is 19.1 Å². The van der Waals surface area contributed by atoms with Gasteiger partial charge in [0.05, 0.1) is 4.90 Å². The maximum atomic E-state index is 12.2. The SMILES string of the molecule is CC(=O)c1cccc(S(=O)(=O)Nc2nccnc2Cl)c1. The molecule has 1 aromatic carbocycles. The molecule has 0 aliphatic carbocycles. The van der Waals surface area contributed by atoms with Crippen molar-refractivity contribution >= 4 is 33.2 Å². The Hall–Kier alpha value is -1.99. The van der Waals surface area contributed by atoms with E-state index in [-0.39, 0.29) is 21.6 Å². The maximum Gasteiger partial charge on any atom is 0.263 e. The van der Waals surface area contributed by atoms with Gasteiger partial charge in [-0.3, -0.25) is 9.52 Å². The lowest BCUT2D eigenvalue weighted by Gasteiger charge is -2.08. The van der Waals surface area contributed by atoms with Gasteiger partial charge < -0.3 is 0 Å². The molecule has 0 atom stereocenters. The van der Waals surface area contributed by atoms with Crippen LogP contribution in [0, 0.1) is 0 Å². The lowest BCUT2D eigenvalue weighted by atomic mass is 10.2. The van der Waals surface area contributed by atoms with Gasteiger partial charge in [0.25, 0.3) is 10.0 Å². The summed E-state index contributed by atoms with van der Waals surface area (Å²) in [5, 5.41) is -0.0567. The number of hydrogen-bond acceptors (Lipinski definition) is 5. The number of anilines is 1. The molecule has 0 aliphatic rings. The number of carbonyl (C=O) groups is 1. The van der Waals surface area contributed by atoms with Crippen LogP contribution in [0.4, 0.5) is 5.82 Å². The number of carbonyl (C=O) groups excluding carboxylic acids is 1. The summed E-state index contributed by atoms with van der Waals surface area (Å²) in [5.74, 6) is -0.290. The van der Waals surface area contributed by atoms with E-state index in [4.69, 9.17) is 11.6 Å². The van der Waals surface area contributed by atoms with Crippen LogP contribution < -0.4 is 4.72 Å². The van der Waals surface area contributed by atoms with E-state index in [1.807, 2.05) is 0 Å². The zero-order valence-electron chi connectivity index (χ0n) is 10.4. The smallest absolute Gasteiger partial charge is 0.263 e. The molecule has 1 aromatic heterocycles. The number of hydrogen-bond donors (Lipinski definition) is 1. The zero-order valence-corrected chi connectivity index (χ0v) is 11.9. The van der Waals surface area contributed by atoms with Crippen LogP contribution in [-0.4, -0.2) is 24.2 Å². The highest BCUT2D eigenvalue weighted by Crippen LogP contribution is 2.20. The third kappa shape index (κ3) is 3.12. The Kier molecular flexibility index (Phi) is 4.01. The van der Waals surface area contributed by atoms with E-state index in [0.29, 0.717) is 5.56 Å². The summed E-state index contributed by atoms with van der Waals surface area (Å²) in [5.41, 5.74) is 0.304. The molecule has 0 aliphatic heterocycles. The van der Waals surface area contributed by atoms with E-state index in [0.717, 1.165) is 0 Å². The van der Waals surface area contributed by atoms with Crippen molar-refractivity contribution in [1.82, 2.24) is 9.97 Å². The molecule has 0 saturated carbocycles. The Morgan fingerprint density at radius 3 is 2.60 bits per heavy atom. The predicted molar refractivity (Wildman–Crippen MR) is 74.3 cm³/mol. The van der Waals surface area contributed by atoms with E-state index in [9.17, 15) is 13.2 Å². The number of halogens is 1. The predicted octanol–water partition coefficient (Wildman–Crippen LogP) is 2.13. The van der Waals surface area contributed by atoms with Crippen LogP contribution in [0.15, 0.2) is 41.6 Å². The largest absolute Gasteiger partial charge is 0.295 e. The summed E-state index contributed by atoms with van der Waals surface area (Å²) in [6.07, 6.45) is 2.66. The Bertz CT molecular complexity index is 762. The molecule has 1 heterocycles. The second kappa shape index (κ2) is 5.56. The van der Waals surface area contributed by atoms with Crippen molar-refractivity contribution in [2.75, 3.05) is 4.72 Å². The first-order chi connectivity index (χ1) is 9.40. The van der Waals surface area contributed by atoms with Crippen LogP contribution in [0.3, 0.4) is 0 Å². The highest BCUT2D eigenvalue weighted by atomic mass is 35.5. The lowest BCUT2D eigenvalue weighted by Crippen LogP contribution is -2.15. The van der Waals surface area contributed by atoms with Gasteiger partial charge in [0.2, 0.25) is 0 Å². The van der Waals surface area contributed by atoms with Crippen molar-refractivity contribution in [2.24, 2.45) is 0 Å². The molecule has 104 valence electrons. The molecule has 2 rings (SSSR count). The van der Waals surface area contributed by atoms with Gasteiger partial charge in [0.1, 0.15) is 0 Å². The maximum absolute atomic E-state index is 12.2. The minimum atomic E-state index is -3.88. The molecule has 0 unspecified atom stereocenters. The van der Waals surface area contributed by atoms with E-state index < -0.39 is 10.0 Å². The van der Waals surface area contributed by atoms with Gasteiger partial charge >= 0.3 is 0 Å². The van der Waals surface area contributed by atoms with E-state index >= 15 is 0 Å². The van der Waals surface area contributed by atoms with Gasteiger partial charge in [-0.1, -0.05) is 23.7 Å². The van der Waals surface area contributed by atoms with Crippen LogP contribution in [-0.2, 0) is 10.0 Å². The van der Waals surface area contributed by atoms with Crippen molar-refractivity contribution in [2.45, 2.75) is 11.8 Å². The van der Waals surface area contributed by atoms with Crippen molar-refractivity contribution in [1.29, 1.82) is 0 Å². The number of Topliss-reactive ketones (excluding diaryl/α,β-unsaturated/α-hetero) is 1. The first kappa shape index (κ1) is 14.4. The molecule has 0 amide bonds. The van der Waals surface area contributed by atoms with Gasteiger partial charge in [-0.15, -0.1) is 0 Å². The number of rotatable bonds is 4. The minimum Gasteiger partial charge on any atom is -0.295 e. The number of benzene rings is 1. The average Bonchev–Trinajstić information content (AvgIpc) is 2.41. The van der Waals surface area contributed by atoms with Gasteiger partial charge in [0.15, 0.2) is 16.8 Å². The van der Waals surface area contributed by atoms with Gasteiger partial charge in [-0.2, -0.15) is 0 Å². The Balaban J connectivity index is 2.38. The number of aromatic nitrogens is 2. The van der Waals surface area contributed by atoms with Crippen molar-refractivity contribution < 1.29 is 13.2 Å². The molecule has 0 bridgehead atoms. The van der Waals surface area contributed by atoms with Crippen molar-refractivity contribution in [3.8, 4) is 0 Å². The summed E-state index contributed by atoms with van der Waals surface area (Å²) in [6.45, 7) is 1.36. The first-order valence-corrected chi connectivity index (χ1v) is 7.36. The number of ketones is 1. The van der Waals surface area contributed by atoms with Crippen LogP contribution in [0.1, 0.15) is 17.3 Å². The van der Waals surface area contributed by atoms with E-state index in [1.54, 1.807) is 0 Å². The Morgan fingerprint density at radius 1 is 1.25 bits per heavy atom. The summed E-state index contributed by atoms with van der Waals surface area (Å²) in [7, 11) is -3.88. The summed E-state index contributed by atoms with van der Waals surface area (Å²) >= 11 is 5.74. The Labute approximate surface area is 120 Å². The second-order valence-electron chi connectivity index (χ2n) is 3.89. The number of nitrogens with one attached hydrogen (secondary N) is 1. The summed E-state index contributed by atoms with van der Waals surface area (Å²) in [4.78, 5) is 18.7. The standard InChI is InChI=1S/C12H10ClN3O3S/c1-8(17)9-3-2-4-10(7-9)20(18,19)16-12-11(13)14-5-6-15-12/h2-7H,1H3,(H,15,16). The van der Waals surface area contributed by atoms with Crippen molar-refractivity contribution in [3.05, 3.63) is 47.4 Å². The molecule has 6 nitrogen and oxygen atoms in total. The minimum absolute atomic E-state index is 0.0491. The van der Waals surface area contributed by atoms with Crippen LogP contribution in [0.5, 0.6) is 0 Å². The average molecular weight is 312 g/mol. The summed E-state index contributed by atoms with van der Waals surface area (Å²) in [6, 6.07) is 5.69. The van der Waals surface area contributed by atoms with Crippen molar-refractivity contribution in [3.63, 3.8) is 0 Å². The number of nitrogens with zero attached hydrogens (tertiary/aromatic N) is 2. The molecule has 0 radical (unpaired) electrons. The van der Waals surface area contributed by atoms with Crippen LogP contribution in [0.2, 0.25) is 5.15 Å². The van der Waals surface area contributed by atoms with Gasteiger partial charge in [-0.25, -0.2) is 18.4 Å². The molecule has 0 spiro atoms. The first-order valence-electron chi connectivity index (χ1n) is 5.50. The molecular weight excluding hydrogens is 302 g/mol. The van der Waals surface area contributed by atoms with E-state index in [2.05, 4.69) is 14.7 Å². The third-order valence-electron chi connectivity index (χ3n) is 2.44. The molecule has 8 heteroatoms. The fourth-order valence-electron chi connectivity index (χ4n) is 1.46. The number of sulfonamides is 1. The fourth-order valence-corrected chi connectivity index (χ4v) is 2.73. The topological polar surface area (TPSA) is 89.0 Å². The normalized spacial score (nSPS) is 11.1. The fraction of sp³-hybridized carbons (Fsp3) is 0.0833. The lowest BCUT2D eigenvalue weighted by molar-refractivity contribution is 0.101. The molecular formula is C12H10ClN3O3S. The highest BCUT2D eigenvalue weighted by Gasteiger charge is 2.17. The highest BCUT2D eigenvalue weighted by molar-refractivity contribution is 7.92. The quantitative estimate of drug-likeness (QED) is 0.874. The molecule has 0 saturated heterocycles. The molecule has 0 fully saturated rings. The molecule has 20 heavy (non-hydrogen) atoms. The molecule has 1 N–H and O–H groups in total. The van der Waals surface area contributed by atoms with Gasteiger partial charge in [0, 0.05) is 18.0 Å².